The van der Waals surface area contributed by atoms with Gasteiger partial charge >= 0.3 is 0 Å². The lowest BCUT2D eigenvalue weighted by molar-refractivity contribution is 0.276. The monoisotopic (exact) mass is 312 g/mol. The standard InChI is InChI=1S/C14H13ClO4S/c1-20(17,18)13-6-4-12(5-7-13)19-14-8-11(15)3-2-10(14)9-16/h2-8,16H,9H2,1H3. The molecule has 4 nitrogen and oxygen atoms in total. The second-order valence-electron chi connectivity index (χ2n) is 4.26. The Morgan fingerprint density at radius 3 is 2.35 bits per heavy atom. The van der Waals surface area contributed by atoms with Gasteiger partial charge in [0.2, 0.25) is 0 Å². The summed E-state index contributed by atoms with van der Waals surface area (Å²) in [6.45, 7) is -0.173. The number of sulfone groups is 1. The molecular weight excluding hydrogens is 300 g/mol. The minimum Gasteiger partial charge on any atom is -0.457 e. The zero-order valence-electron chi connectivity index (χ0n) is 10.7. The van der Waals surface area contributed by atoms with Gasteiger partial charge in [-0.1, -0.05) is 17.7 Å². The summed E-state index contributed by atoms with van der Waals surface area (Å²) in [5.41, 5.74) is 0.599. The Morgan fingerprint density at radius 2 is 1.80 bits per heavy atom. The number of aliphatic hydroxyl groups is 1. The van der Waals surface area contributed by atoms with E-state index < -0.39 is 9.84 Å². The van der Waals surface area contributed by atoms with Crippen LogP contribution in [0.1, 0.15) is 5.56 Å². The van der Waals surface area contributed by atoms with Crippen LogP contribution in [0.25, 0.3) is 0 Å². The topological polar surface area (TPSA) is 63.6 Å². The van der Waals surface area contributed by atoms with E-state index in [2.05, 4.69) is 0 Å². The van der Waals surface area contributed by atoms with Gasteiger partial charge in [-0.2, -0.15) is 0 Å². The smallest absolute Gasteiger partial charge is 0.175 e. The largest absolute Gasteiger partial charge is 0.457 e. The van der Waals surface area contributed by atoms with Gasteiger partial charge in [-0.05, 0) is 36.4 Å². The van der Waals surface area contributed by atoms with Gasteiger partial charge in [-0.15, -0.1) is 0 Å². The van der Waals surface area contributed by atoms with Crippen LogP contribution in [0.4, 0.5) is 0 Å². The van der Waals surface area contributed by atoms with Gasteiger partial charge in [-0.3, -0.25) is 0 Å². The summed E-state index contributed by atoms with van der Waals surface area (Å²) >= 11 is 5.88. The van der Waals surface area contributed by atoms with Crippen LogP contribution in [0.5, 0.6) is 11.5 Å². The Hall–Kier alpha value is -1.56. The molecule has 6 heteroatoms. The molecule has 0 radical (unpaired) electrons. The second-order valence-corrected chi connectivity index (χ2v) is 6.71. The highest BCUT2D eigenvalue weighted by Gasteiger charge is 2.08. The molecule has 0 saturated carbocycles. The van der Waals surface area contributed by atoms with Gasteiger partial charge < -0.3 is 9.84 Å². The molecule has 20 heavy (non-hydrogen) atoms. The van der Waals surface area contributed by atoms with Crippen molar-refractivity contribution in [3.8, 4) is 11.5 Å². The minimum absolute atomic E-state index is 0.173. The Bertz CT molecular complexity index is 708. The Morgan fingerprint density at radius 1 is 1.15 bits per heavy atom. The molecule has 2 aromatic rings. The van der Waals surface area contributed by atoms with Crippen LogP contribution < -0.4 is 4.74 Å². The highest BCUT2D eigenvalue weighted by molar-refractivity contribution is 7.90. The molecule has 0 aliphatic heterocycles. The zero-order chi connectivity index (χ0) is 14.8. The van der Waals surface area contributed by atoms with Crippen LogP contribution in [0.2, 0.25) is 5.02 Å². The van der Waals surface area contributed by atoms with Gasteiger partial charge in [-0.25, -0.2) is 8.42 Å². The van der Waals surface area contributed by atoms with E-state index in [1.165, 1.54) is 12.1 Å². The summed E-state index contributed by atoms with van der Waals surface area (Å²) in [6.07, 6.45) is 1.14. The van der Waals surface area contributed by atoms with Gasteiger partial charge in [0, 0.05) is 16.8 Å². The Kier molecular flexibility index (Phi) is 4.32. The number of aliphatic hydroxyl groups excluding tert-OH is 1. The molecular formula is C14H13ClO4S. The molecule has 0 spiro atoms. The number of hydrogen-bond acceptors (Lipinski definition) is 4. The number of halogens is 1. The quantitative estimate of drug-likeness (QED) is 0.942. The van der Waals surface area contributed by atoms with Crippen LogP contribution in [0.15, 0.2) is 47.4 Å². The molecule has 0 aliphatic carbocycles. The van der Waals surface area contributed by atoms with Crippen LogP contribution in [-0.4, -0.2) is 19.8 Å². The van der Waals surface area contributed by atoms with Gasteiger partial charge in [0.05, 0.1) is 11.5 Å². The first kappa shape index (κ1) is 14.8. The van der Waals surface area contributed by atoms with Crippen molar-refractivity contribution in [1.29, 1.82) is 0 Å². The molecule has 1 N–H and O–H groups in total. The second kappa shape index (κ2) is 5.83. The molecule has 0 fully saturated rings. The molecule has 0 aliphatic rings. The van der Waals surface area contributed by atoms with Crippen LogP contribution in [-0.2, 0) is 16.4 Å². The maximum Gasteiger partial charge on any atom is 0.175 e. The van der Waals surface area contributed by atoms with Crippen molar-refractivity contribution in [1.82, 2.24) is 0 Å². The summed E-state index contributed by atoms with van der Waals surface area (Å²) in [5.74, 6) is 0.904. The lowest BCUT2D eigenvalue weighted by Crippen LogP contribution is -1.97. The van der Waals surface area contributed by atoms with Crippen molar-refractivity contribution in [2.75, 3.05) is 6.26 Å². The summed E-state index contributed by atoms with van der Waals surface area (Å²) in [7, 11) is -3.23. The third-order valence-corrected chi connectivity index (χ3v) is 4.04. The van der Waals surface area contributed by atoms with E-state index in [4.69, 9.17) is 16.3 Å². The minimum atomic E-state index is -3.23. The van der Waals surface area contributed by atoms with Crippen LogP contribution >= 0.6 is 11.6 Å². The Balaban J connectivity index is 2.29. The highest BCUT2D eigenvalue weighted by atomic mass is 35.5. The van der Waals surface area contributed by atoms with Gasteiger partial charge in [0.15, 0.2) is 9.84 Å². The molecule has 0 amide bonds. The fraction of sp³-hybridized carbons (Fsp3) is 0.143. The van der Waals surface area contributed by atoms with E-state index in [0.29, 0.717) is 22.1 Å². The first-order chi connectivity index (χ1) is 9.40. The van der Waals surface area contributed by atoms with E-state index in [9.17, 15) is 13.5 Å². The van der Waals surface area contributed by atoms with E-state index in [1.54, 1.807) is 30.3 Å². The predicted octanol–water partition coefficient (Wildman–Crippen LogP) is 3.03. The molecule has 106 valence electrons. The fourth-order valence-electron chi connectivity index (χ4n) is 1.64. The van der Waals surface area contributed by atoms with E-state index >= 15 is 0 Å². The van der Waals surface area contributed by atoms with Crippen molar-refractivity contribution in [3.05, 3.63) is 53.1 Å². The molecule has 0 bridgehead atoms. The van der Waals surface area contributed by atoms with Crippen molar-refractivity contribution < 1.29 is 18.3 Å². The number of rotatable bonds is 4. The number of benzene rings is 2. The average molecular weight is 313 g/mol. The molecule has 0 unspecified atom stereocenters. The van der Waals surface area contributed by atoms with Crippen molar-refractivity contribution in [2.24, 2.45) is 0 Å². The predicted molar refractivity (Wildman–Crippen MR) is 77.0 cm³/mol. The molecule has 0 heterocycles. The van der Waals surface area contributed by atoms with Crippen LogP contribution in [0, 0.1) is 0 Å². The van der Waals surface area contributed by atoms with E-state index in [1.807, 2.05) is 0 Å². The number of hydrogen-bond donors (Lipinski definition) is 1. The van der Waals surface area contributed by atoms with Crippen molar-refractivity contribution in [3.63, 3.8) is 0 Å². The lowest BCUT2D eigenvalue weighted by Gasteiger charge is -2.10. The maximum absolute atomic E-state index is 11.4. The lowest BCUT2D eigenvalue weighted by atomic mass is 10.2. The van der Waals surface area contributed by atoms with Gasteiger partial charge in [0.25, 0.3) is 0 Å². The summed E-state index contributed by atoms with van der Waals surface area (Å²) in [4.78, 5) is 0.221. The molecule has 0 atom stereocenters. The average Bonchev–Trinajstić information content (AvgIpc) is 2.38. The molecule has 0 saturated heterocycles. The van der Waals surface area contributed by atoms with Crippen LogP contribution in [0.3, 0.4) is 0 Å². The normalized spacial score (nSPS) is 11.3. The zero-order valence-corrected chi connectivity index (χ0v) is 12.3. The molecule has 2 rings (SSSR count). The molecule has 2 aromatic carbocycles. The van der Waals surface area contributed by atoms with Gasteiger partial charge in [0.1, 0.15) is 11.5 Å². The highest BCUT2D eigenvalue weighted by Crippen LogP contribution is 2.29. The summed E-state index contributed by atoms with van der Waals surface area (Å²) in [6, 6.07) is 11.0. The Labute approximate surface area is 122 Å². The third-order valence-electron chi connectivity index (χ3n) is 2.68. The van der Waals surface area contributed by atoms with E-state index in [0.717, 1.165) is 6.26 Å². The van der Waals surface area contributed by atoms with Crippen molar-refractivity contribution >= 4 is 21.4 Å². The van der Waals surface area contributed by atoms with Crippen molar-refractivity contribution in [2.45, 2.75) is 11.5 Å². The summed E-state index contributed by atoms with van der Waals surface area (Å²) < 4.78 is 28.3. The first-order valence-electron chi connectivity index (χ1n) is 5.77. The number of ether oxygens (including phenoxy) is 1. The maximum atomic E-state index is 11.4. The molecule has 0 aromatic heterocycles. The SMILES string of the molecule is CS(=O)(=O)c1ccc(Oc2cc(Cl)ccc2CO)cc1. The fourth-order valence-corrected chi connectivity index (χ4v) is 2.43. The summed E-state index contributed by atoms with van der Waals surface area (Å²) in [5, 5.41) is 9.73. The third kappa shape index (κ3) is 3.50. The first-order valence-corrected chi connectivity index (χ1v) is 8.04. The van der Waals surface area contributed by atoms with E-state index in [-0.39, 0.29) is 11.5 Å².